The number of halogens is 2. The first kappa shape index (κ1) is 14.1. The molecule has 0 atom stereocenters. The fraction of sp³-hybridized carbons (Fsp3) is 0.625. The Labute approximate surface area is 97.6 Å². The van der Waals surface area contributed by atoms with E-state index in [0.717, 1.165) is 17.7 Å². The molecule has 0 aliphatic heterocycles. The van der Waals surface area contributed by atoms with Crippen LogP contribution in [0.5, 0.6) is 0 Å². The van der Waals surface area contributed by atoms with Crippen molar-refractivity contribution in [2.45, 2.75) is 19.8 Å². The first-order chi connectivity index (χ1) is 6.65. The van der Waals surface area contributed by atoms with Crippen LogP contribution in [-0.2, 0) is 11.2 Å². The zero-order valence-electron chi connectivity index (χ0n) is 8.09. The fourth-order valence-corrected chi connectivity index (χ4v) is 2.22. The lowest BCUT2D eigenvalue weighted by Crippen LogP contribution is -1.79. The van der Waals surface area contributed by atoms with E-state index in [1.54, 1.807) is 0 Å². The Morgan fingerprint density at radius 3 is 2.36 bits per heavy atom. The van der Waals surface area contributed by atoms with Crippen molar-refractivity contribution < 1.29 is 9.84 Å². The highest BCUT2D eigenvalue weighted by atomic mass is 35.5. The lowest BCUT2D eigenvalue weighted by atomic mass is 10.3. The fourth-order valence-electron chi connectivity index (χ4n) is 0.687. The van der Waals surface area contributed by atoms with E-state index in [-0.39, 0.29) is 6.79 Å². The maximum atomic E-state index is 7.65. The minimum Gasteiger partial charge on any atom is -0.371 e. The molecule has 0 aliphatic rings. The largest absolute Gasteiger partial charge is 0.371 e. The van der Waals surface area contributed by atoms with Gasteiger partial charge in [-0.05, 0) is 6.42 Å². The molecule has 1 N–H and O–H groups in total. The molecule has 1 rings (SSSR count). The molecule has 0 fully saturated rings. The van der Waals surface area contributed by atoms with Gasteiger partial charge in [-0.3, -0.25) is 0 Å². The van der Waals surface area contributed by atoms with E-state index < -0.39 is 0 Å². The normalized spacial score (nSPS) is 9.50. The molecular weight excluding hydrogens is 245 g/mol. The smallest absolute Gasteiger partial charge is 0.185 e. The van der Waals surface area contributed by atoms with E-state index in [2.05, 4.69) is 16.6 Å². The number of ether oxygens (including phenoxy) is 1. The van der Waals surface area contributed by atoms with Gasteiger partial charge in [0.05, 0.1) is 0 Å². The molecular formula is C8H13Cl2NO2S. The minimum atomic E-state index is -0.181. The van der Waals surface area contributed by atoms with Crippen LogP contribution in [0.2, 0.25) is 9.62 Å². The summed E-state index contributed by atoms with van der Waals surface area (Å²) in [5.74, 6) is 0. The Hall–Kier alpha value is 0.130. The van der Waals surface area contributed by atoms with Crippen molar-refractivity contribution in [3.8, 4) is 0 Å². The van der Waals surface area contributed by atoms with E-state index in [9.17, 15) is 0 Å². The quantitative estimate of drug-likeness (QED) is 0.847. The Bertz CT molecular complexity index is 253. The van der Waals surface area contributed by atoms with E-state index >= 15 is 0 Å². The number of hydrogen-bond acceptors (Lipinski definition) is 4. The van der Waals surface area contributed by atoms with Crippen molar-refractivity contribution in [3.05, 3.63) is 14.5 Å². The van der Waals surface area contributed by atoms with Gasteiger partial charge in [0, 0.05) is 12.0 Å². The van der Waals surface area contributed by atoms with Gasteiger partial charge in [0.1, 0.15) is 11.9 Å². The molecule has 82 valence electrons. The van der Waals surface area contributed by atoms with Crippen molar-refractivity contribution in [1.82, 2.24) is 4.98 Å². The van der Waals surface area contributed by atoms with Gasteiger partial charge in [-0.15, -0.1) is 11.3 Å². The first-order valence-electron chi connectivity index (χ1n) is 4.06. The number of rotatable bonds is 3. The second-order valence-electron chi connectivity index (χ2n) is 2.35. The SMILES string of the molecule is CCCc1sc(Cl)nc1Cl.COCO. The third-order valence-corrected chi connectivity index (χ3v) is 2.87. The molecule has 0 saturated heterocycles. The van der Waals surface area contributed by atoms with Crippen LogP contribution in [-0.4, -0.2) is 24.0 Å². The molecule has 0 radical (unpaired) electrons. The summed E-state index contributed by atoms with van der Waals surface area (Å²) in [6, 6.07) is 0. The second-order valence-corrected chi connectivity index (χ2v) is 4.37. The average Bonchev–Trinajstić information content (AvgIpc) is 2.47. The minimum absolute atomic E-state index is 0.181. The molecule has 0 bridgehead atoms. The van der Waals surface area contributed by atoms with Crippen LogP contribution in [0.4, 0.5) is 0 Å². The van der Waals surface area contributed by atoms with Gasteiger partial charge in [-0.25, -0.2) is 4.98 Å². The molecule has 0 aromatic carbocycles. The molecule has 0 unspecified atom stereocenters. The summed E-state index contributed by atoms with van der Waals surface area (Å²) < 4.78 is 4.63. The summed E-state index contributed by atoms with van der Waals surface area (Å²) in [4.78, 5) is 4.97. The highest BCUT2D eigenvalue weighted by Gasteiger charge is 2.05. The molecule has 0 saturated carbocycles. The van der Waals surface area contributed by atoms with Gasteiger partial charge in [0.2, 0.25) is 0 Å². The van der Waals surface area contributed by atoms with Gasteiger partial charge >= 0.3 is 0 Å². The molecule has 0 spiro atoms. The second kappa shape index (κ2) is 8.44. The molecule has 14 heavy (non-hydrogen) atoms. The Kier molecular flexibility index (Phi) is 8.52. The highest BCUT2D eigenvalue weighted by Crippen LogP contribution is 2.27. The third-order valence-electron chi connectivity index (χ3n) is 1.23. The molecule has 6 heteroatoms. The van der Waals surface area contributed by atoms with Crippen molar-refractivity contribution >= 4 is 34.5 Å². The summed E-state index contributed by atoms with van der Waals surface area (Å²) in [7, 11) is 1.43. The standard InChI is InChI=1S/C6H7Cl2NS.C2H6O2/c1-2-3-4-5(7)9-6(8)10-4;1-4-2-3/h2-3H2,1H3;3H,2H2,1H3. The Morgan fingerprint density at radius 1 is 1.50 bits per heavy atom. The van der Waals surface area contributed by atoms with Crippen LogP contribution in [0, 0.1) is 0 Å². The number of nitrogens with zero attached hydrogens (tertiary/aromatic N) is 1. The molecule has 0 aliphatic carbocycles. The molecule has 1 heterocycles. The maximum absolute atomic E-state index is 7.65. The summed E-state index contributed by atoms with van der Waals surface area (Å²) in [5, 5.41) is 8.22. The molecule has 1 aromatic heterocycles. The zero-order valence-corrected chi connectivity index (χ0v) is 10.4. The number of hydrogen-bond donors (Lipinski definition) is 1. The van der Waals surface area contributed by atoms with Gasteiger partial charge in [-0.1, -0.05) is 36.5 Å². The van der Waals surface area contributed by atoms with Crippen molar-refractivity contribution in [2.24, 2.45) is 0 Å². The lowest BCUT2D eigenvalue weighted by molar-refractivity contribution is 0.0325. The molecule has 1 aromatic rings. The van der Waals surface area contributed by atoms with Crippen molar-refractivity contribution in [1.29, 1.82) is 0 Å². The molecule has 0 amide bonds. The summed E-state index contributed by atoms with van der Waals surface area (Å²) in [6.45, 7) is 1.92. The maximum Gasteiger partial charge on any atom is 0.185 e. The average molecular weight is 258 g/mol. The number of aliphatic hydroxyl groups excluding tert-OH is 1. The van der Waals surface area contributed by atoms with E-state index in [1.165, 1.54) is 18.4 Å². The number of thiazole rings is 1. The Morgan fingerprint density at radius 2 is 2.07 bits per heavy atom. The van der Waals surface area contributed by atoms with Crippen molar-refractivity contribution in [3.63, 3.8) is 0 Å². The van der Waals surface area contributed by atoms with E-state index in [0.29, 0.717) is 9.62 Å². The van der Waals surface area contributed by atoms with Crippen molar-refractivity contribution in [2.75, 3.05) is 13.9 Å². The van der Waals surface area contributed by atoms with Crippen LogP contribution in [0.1, 0.15) is 18.2 Å². The summed E-state index contributed by atoms with van der Waals surface area (Å²) in [5.41, 5.74) is 0. The van der Waals surface area contributed by atoms with Gasteiger partial charge < -0.3 is 9.84 Å². The number of methoxy groups -OCH3 is 1. The summed E-state index contributed by atoms with van der Waals surface area (Å²) >= 11 is 12.8. The predicted molar refractivity (Wildman–Crippen MR) is 60.2 cm³/mol. The van der Waals surface area contributed by atoms with Crippen LogP contribution >= 0.6 is 34.5 Å². The van der Waals surface area contributed by atoms with Crippen LogP contribution in [0.25, 0.3) is 0 Å². The zero-order chi connectivity index (χ0) is 11.0. The monoisotopic (exact) mass is 257 g/mol. The van der Waals surface area contributed by atoms with Crippen LogP contribution in [0.15, 0.2) is 0 Å². The van der Waals surface area contributed by atoms with Gasteiger partial charge in [0.15, 0.2) is 4.47 Å². The van der Waals surface area contributed by atoms with Gasteiger partial charge in [0.25, 0.3) is 0 Å². The molecule has 3 nitrogen and oxygen atoms in total. The lowest BCUT2D eigenvalue weighted by Gasteiger charge is -1.88. The third kappa shape index (κ3) is 5.78. The highest BCUT2D eigenvalue weighted by molar-refractivity contribution is 7.16. The Balaban J connectivity index is 0.000000364. The van der Waals surface area contributed by atoms with E-state index in [4.69, 9.17) is 28.3 Å². The predicted octanol–water partition coefficient (Wildman–Crippen LogP) is 2.99. The first-order valence-corrected chi connectivity index (χ1v) is 5.63. The van der Waals surface area contributed by atoms with Crippen LogP contribution in [0.3, 0.4) is 0 Å². The number of aryl methyl sites for hydroxylation is 1. The number of aromatic nitrogens is 1. The van der Waals surface area contributed by atoms with Crippen LogP contribution < -0.4 is 0 Å². The summed E-state index contributed by atoms with van der Waals surface area (Å²) in [6.07, 6.45) is 2.06. The van der Waals surface area contributed by atoms with E-state index in [1.807, 2.05) is 0 Å². The number of aliphatic hydroxyl groups is 1. The van der Waals surface area contributed by atoms with Gasteiger partial charge in [-0.2, -0.15) is 0 Å². The topological polar surface area (TPSA) is 42.4 Å².